The zero-order valence-electron chi connectivity index (χ0n) is 6.80. The number of hydrogen-bond donors (Lipinski definition) is 0. The Morgan fingerprint density at radius 3 is 1.82 bits per heavy atom. The van der Waals surface area contributed by atoms with E-state index in [0.29, 0.717) is 22.3 Å². The number of halogens is 1. The summed E-state index contributed by atoms with van der Waals surface area (Å²) in [7, 11) is 0. The van der Waals surface area contributed by atoms with Gasteiger partial charge in [-0.25, -0.2) is 0 Å². The molecule has 1 heterocycles. The van der Waals surface area contributed by atoms with Crippen LogP contribution in [-0.2, 0) is 32.7 Å². The fourth-order valence-electron chi connectivity index (χ4n) is 0.815. The molecule has 1 rings (SSSR count). The Hall–Kier alpha value is 0.0439. The van der Waals surface area contributed by atoms with Crippen LogP contribution in [-0.4, -0.2) is 9.97 Å². The molecule has 0 spiro atoms. The van der Waals surface area contributed by atoms with Gasteiger partial charge in [0.1, 0.15) is 0 Å². The van der Waals surface area contributed by atoms with Crippen LogP contribution in [0.2, 0.25) is 0 Å². The monoisotopic (exact) mass is 231 g/mol. The first kappa shape index (κ1) is 11.0. The Balaban J connectivity index is 0.000001000. The third-order valence-corrected chi connectivity index (χ3v) is 1.22. The van der Waals surface area contributed by atoms with Gasteiger partial charge in [-0.3, -0.25) is 0 Å². The molecule has 1 aromatic heterocycles. The molecule has 11 heavy (non-hydrogen) atoms. The summed E-state index contributed by atoms with van der Waals surface area (Å²) in [5, 5.41) is 0. The molecule has 0 saturated carbocycles. The molecule has 0 N–H and O–H groups in total. The zero-order chi connectivity index (χ0) is 7.72. The van der Waals surface area contributed by atoms with E-state index in [1.54, 1.807) is 20.8 Å². The molecule has 0 bridgehead atoms. The fraction of sp³-hybridized carbons (Fsp3) is 0.500. The van der Waals surface area contributed by atoms with Crippen LogP contribution in [0.15, 0.2) is 0 Å². The first-order valence-electron chi connectivity index (χ1n) is 3.01. The van der Waals surface area contributed by atoms with Crippen molar-refractivity contribution in [3.8, 4) is 0 Å². The van der Waals surface area contributed by atoms with Crippen molar-refractivity contribution in [2.45, 2.75) is 20.8 Å². The molecule has 0 atom stereocenters. The van der Waals surface area contributed by atoms with Gasteiger partial charge in [0, 0.05) is 53.5 Å². The van der Waals surface area contributed by atoms with Gasteiger partial charge in [-0.05, 0) is 9.27 Å². The van der Waals surface area contributed by atoms with Crippen LogP contribution in [0, 0.1) is 20.8 Å². The molecule has 0 aromatic carbocycles. The van der Waals surface area contributed by atoms with Crippen molar-refractivity contribution in [3.05, 3.63) is 17.5 Å². The summed E-state index contributed by atoms with van der Waals surface area (Å²) in [6.45, 7) is 4.93. The topological polar surface area (TPSA) is 29.7 Å². The minimum absolute atomic E-state index is 0. The summed E-state index contributed by atoms with van der Waals surface area (Å²) in [4.78, 5) is 8.09. The standard InChI is InChI=1S/C6H9FN3.Y/c1-4-8-5(2)10(7)6(3)9-4;/h1-3H3;/q+1;. The predicted molar refractivity (Wildman–Crippen MR) is 32.9 cm³/mol. The normalized spacial score (nSPS) is 9.09. The van der Waals surface area contributed by atoms with E-state index in [-0.39, 0.29) is 32.7 Å². The molecule has 0 fully saturated rings. The fourth-order valence-corrected chi connectivity index (χ4v) is 0.815. The van der Waals surface area contributed by atoms with E-state index in [1.807, 2.05) is 0 Å². The van der Waals surface area contributed by atoms with Crippen molar-refractivity contribution in [3.63, 3.8) is 0 Å². The zero-order valence-corrected chi connectivity index (χ0v) is 9.64. The van der Waals surface area contributed by atoms with Crippen molar-refractivity contribution in [1.82, 2.24) is 9.97 Å². The van der Waals surface area contributed by atoms with Gasteiger partial charge in [-0.2, -0.15) is 0 Å². The van der Waals surface area contributed by atoms with Gasteiger partial charge in [0.2, 0.25) is 0 Å². The number of hydrogen-bond acceptors (Lipinski definition) is 2. The number of aryl methyl sites for hydroxylation is 3. The van der Waals surface area contributed by atoms with E-state index in [2.05, 4.69) is 9.97 Å². The molecule has 57 valence electrons. The van der Waals surface area contributed by atoms with Crippen molar-refractivity contribution < 1.29 is 42.0 Å². The van der Waals surface area contributed by atoms with E-state index < -0.39 is 0 Å². The minimum Gasteiger partial charge on any atom is -0.0726 e. The second kappa shape index (κ2) is 4.17. The van der Waals surface area contributed by atoms with Gasteiger partial charge in [-0.1, -0.05) is 9.97 Å². The third-order valence-electron chi connectivity index (χ3n) is 1.22. The second-order valence-corrected chi connectivity index (χ2v) is 2.15. The Bertz CT molecular complexity index is 241. The van der Waals surface area contributed by atoms with E-state index in [1.165, 1.54) is 0 Å². The molecule has 5 heteroatoms. The van der Waals surface area contributed by atoms with Crippen LogP contribution < -0.4 is 4.79 Å². The summed E-state index contributed by atoms with van der Waals surface area (Å²) < 4.78 is 12.7. The van der Waals surface area contributed by atoms with Crippen molar-refractivity contribution in [2.75, 3.05) is 0 Å². The second-order valence-electron chi connectivity index (χ2n) is 2.15. The van der Waals surface area contributed by atoms with Gasteiger partial charge in [0.05, 0.1) is 0 Å². The van der Waals surface area contributed by atoms with Gasteiger partial charge < -0.3 is 0 Å². The summed E-state index contributed by atoms with van der Waals surface area (Å²) in [5.74, 6) is 1.28. The largest absolute Gasteiger partial charge is 0.273 e. The smallest absolute Gasteiger partial charge is 0.0726 e. The van der Waals surface area contributed by atoms with Crippen LogP contribution in [0.4, 0.5) is 4.48 Å². The molecule has 0 aliphatic carbocycles. The van der Waals surface area contributed by atoms with Crippen LogP contribution in [0.1, 0.15) is 17.5 Å². The average molecular weight is 231 g/mol. The summed E-state index contributed by atoms with van der Waals surface area (Å²) in [6.07, 6.45) is 0. The first-order valence-corrected chi connectivity index (χ1v) is 3.01. The van der Waals surface area contributed by atoms with E-state index in [4.69, 9.17) is 0 Å². The maximum atomic E-state index is 12.7. The molecule has 0 aliphatic rings. The van der Waals surface area contributed by atoms with Crippen molar-refractivity contribution >= 4 is 0 Å². The summed E-state index contributed by atoms with van der Waals surface area (Å²) in [5.41, 5.74) is 0. The maximum absolute atomic E-state index is 12.7. The Morgan fingerprint density at radius 2 is 1.45 bits per heavy atom. The molecule has 0 amide bonds. The van der Waals surface area contributed by atoms with Crippen molar-refractivity contribution in [2.24, 2.45) is 0 Å². The Labute approximate surface area is 89.9 Å². The molecule has 0 aliphatic heterocycles. The number of aromatic nitrogens is 3. The SMILES string of the molecule is Cc1nc(C)[n+](F)c(C)n1.[Y]. The number of nitrogens with zero attached hydrogens (tertiary/aromatic N) is 3. The molecule has 1 radical (unpaired) electrons. The van der Waals surface area contributed by atoms with Crippen LogP contribution >= 0.6 is 0 Å². The molecule has 1 aromatic rings. The quantitative estimate of drug-likeness (QED) is 0.647. The molecular formula is C6H9FN3Y+. The van der Waals surface area contributed by atoms with Gasteiger partial charge in [-0.15, -0.1) is 0 Å². The van der Waals surface area contributed by atoms with E-state index >= 15 is 0 Å². The first-order chi connectivity index (χ1) is 4.61. The van der Waals surface area contributed by atoms with E-state index in [9.17, 15) is 4.48 Å². The number of rotatable bonds is 0. The average Bonchev–Trinajstić information content (AvgIpc) is 1.82. The van der Waals surface area contributed by atoms with Crippen LogP contribution in [0.3, 0.4) is 0 Å². The molecule has 3 nitrogen and oxygen atoms in total. The van der Waals surface area contributed by atoms with Gasteiger partial charge >= 0.3 is 0 Å². The van der Waals surface area contributed by atoms with Gasteiger partial charge in [0.15, 0.2) is 0 Å². The minimum atomic E-state index is 0. The molecular weight excluding hydrogens is 222 g/mol. The van der Waals surface area contributed by atoms with E-state index in [0.717, 1.165) is 0 Å². The summed E-state index contributed by atoms with van der Waals surface area (Å²) >= 11 is 0. The Morgan fingerprint density at radius 1 is 1.09 bits per heavy atom. The van der Waals surface area contributed by atoms with Crippen LogP contribution in [0.5, 0.6) is 0 Å². The van der Waals surface area contributed by atoms with Crippen LogP contribution in [0.25, 0.3) is 0 Å². The molecule has 0 saturated heterocycles. The Kier molecular flexibility index (Phi) is 4.18. The predicted octanol–water partition coefficient (Wildman–Crippen LogP) is 0.419. The summed E-state index contributed by atoms with van der Waals surface area (Å²) in [6, 6.07) is 0. The third kappa shape index (κ3) is 2.52. The van der Waals surface area contributed by atoms with Gasteiger partial charge in [0.25, 0.3) is 17.5 Å². The maximum Gasteiger partial charge on any atom is 0.273 e. The van der Waals surface area contributed by atoms with Crippen molar-refractivity contribution in [1.29, 1.82) is 0 Å². The molecule has 0 unspecified atom stereocenters.